The van der Waals surface area contributed by atoms with Gasteiger partial charge in [-0.1, -0.05) is 5.16 Å². The molecule has 0 aromatic carbocycles. The van der Waals surface area contributed by atoms with Crippen LogP contribution in [0.3, 0.4) is 0 Å². The lowest BCUT2D eigenvalue weighted by Gasteiger charge is -2.00. The van der Waals surface area contributed by atoms with Crippen LogP contribution in [0.15, 0.2) is 34.0 Å². The molecule has 3 heterocycles. The van der Waals surface area contributed by atoms with Gasteiger partial charge < -0.3 is 9.84 Å². The maximum absolute atomic E-state index is 12.1. The van der Waals surface area contributed by atoms with Gasteiger partial charge in [0.25, 0.3) is 11.5 Å². The predicted molar refractivity (Wildman–Crippen MR) is 68.5 cm³/mol. The average Bonchev–Trinajstić information content (AvgIpc) is 2.98. The van der Waals surface area contributed by atoms with Gasteiger partial charge in [-0.15, -0.1) is 11.3 Å². The van der Waals surface area contributed by atoms with E-state index in [9.17, 15) is 9.59 Å². The zero-order chi connectivity index (χ0) is 13.4. The Balaban J connectivity index is 2.03. The Labute approximate surface area is 110 Å². The Morgan fingerprint density at radius 2 is 2.37 bits per heavy atom. The highest BCUT2D eigenvalue weighted by molar-refractivity contribution is 7.16. The summed E-state index contributed by atoms with van der Waals surface area (Å²) >= 11 is 1.38. The van der Waals surface area contributed by atoms with Gasteiger partial charge in [0.1, 0.15) is 11.8 Å². The topological polar surface area (TPSA) is 89.5 Å². The lowest BCUT2D eigenvalue weighted by molar-refractivity contribution is 0.102. The molecule has 3 rings (SSSR count). The number of aromatic nitrogens is 3. The fraction of sp³-hybridized carbons (Fsp3) is 0.0909. The van der Waals surface area contributed by atoms with Gasteiger partial charge in [-0.05, 0) is 6.92 Å². The van der Waals surface area contributed by atoms with Crippen molar-refractivity contribution >= 4 is 28.0 Å². The first kappa shape index (κ1) is 11.6. The second-order valence-corrected chi connectivity index (χ2v) is 5.02. The number of nitrogens with zero attached hydrogens (tertiary/aromatic N) is 3. The molecular formula is C11H8N4O3S. The molecule has 3 aromatic rings. The smallest absolute Gasteiger partial charge is 0.271 e. The summed E-state index contributed by atoms with van der Waals surface area (Å²) in [6.45, 7) is 1.87. The molecule has 1 N–H and O–H groups in total. The second-order valence-electron chi connectivity index (χ2n) is 3.81. The zero-order valence-electron chi connectivity index (χ0n) is 9.78. The maximum atomic E-state index is 12.1. The van der Waals surface area contributed by atoms with Crippen molar-refractivity contribution in [3.8, 4) is 0 Å². The molecule has 96 valence electrons. The Morgan fingerprint density at radius 3 is 3.11 bits per heavy atom. The van der Waals surface area contributed by atoms with Gasteiger partial charge in [0.2, 0.25) is 0 Å². The van der Waals surface area contributed by atoms with Crippen LogP contribution in [0, 0.1) is 6.92 Å². The molecule has 0 aliphatic rings. The van der Waals surface area contributed by atoms with Crippen molar-refractivity contribution in [3.05, 3.63) is 45.5 Å². The van der Waals surface area contributed by atoms with E-state index in [-0.39, 0.29) is 11.4 Å². The van der Waals surface area contributed by atoms with Gasteiger partial charge in [0.05, 0.1) is 0 Å². The summed E-state index contributed by atoms with van der Waals surface area (Å²) in [4.78, 5) is 29.7. The third-order valence-corrected chi connectivity index (χ3v) is 3.36. The predicted octanol–water partition coefficient (Wildman–Crippen LogP) is 1.30. The minimum Gasteiger partial charge on any atom is -0.363 e. The number of carbonyl (C=O) groups is 1. The van der Waals surface area contributed by atoms with E-state index in [1.165, 1.54) is 34.3 Å². The lowest BCUT2D eigenvalue weighted by atomic mass is 10.3. The zero-order valence-corrected chi connectivity index (χ0v) is 10.6. The molecule has 0 fully saturated rings. The van der Waals surface area contributed by atoms with Crippen LogP contribution in [0.25, 0.3) is 4.96 Å². The third-order valence-electron chi connectivity index (χ3n) is 2.45. The Bertz CT molecular complexity index is 803. The van der Waals surface area contributed by atoms with Gasteiger partial charge in [-0.3, -0.25) is 14.0 Å². The quantitative estimate of drug-likeness (QED) is 0.762. The van der Waals surface area contributed by atoms with Crippen LogP contribution in [-0.4, -0.2) is 20.4 Å². The largest absolute Gasteiger partial charge is 0.363 e. The number of nitrogens with one attached hydrogen (secondary N) is 1. The molecule has 0 radical (unpaired) electrons. The summed E-state index contributed by atoms with van der Waals surface area (Å²) < 4.78 is 5.95. The molecule has 0 aliphatic heterocycles. The van der Waals surface area contributed by atoms with Crippen LogP contribution in [0.2, 0.25) is 0 Å². The van der Waals surface area contributed by atoms with Crippen LogP contribution in [0.4, 0.5) is 5.82 Å². The molecule has 1 amide bonds. The van der Waals surface area contributed by atoms with Gasteiger partial charge >= 0.3 is 0 Å². The maximum Gasteiger partial charge on any atom is 0.271 e. The number of hydrogen-bond acceptors (Lipinski definition) is 6. The molecule has 0 bridgehead atoms. The van der Waals surface area contributed by atoms with Crippen molar-refractivity contribution in [1.29, 1.82) is 0 Å². The number of rotatable bonds is 2. The van der Waals surface area contributed by atoms with Gasteiger partial charge in [-0.25, -0.2) is 4.98 Å². The molecule has 0 saturated carbocycles. The van der Waals surface area contributed by atoms with Crippen molar-refractivity contribution in [2.45, 2.75) is 6.92 Å². The number of hydrogen-bond donors (Lipinski definition) is 1. The van der Waals surface area contributed by atoms with E-state index in [4.69, 9.17) is 0 Å². The number of thiazole rings is 1. The second kappa shape index (κ2) is 4.32. The van der Waals surface area contributed by atoms with E-state index in [0.717, 1.165) is 4.88 Å². The monoisotopic (exact) mass is 276 g/mol. The van der Waals surface area contributed by atoms with E-state index in [0.29, 0.717) is 4.96 Å². The van der Waals surface area contributed by atoms with Crippen molar-refractivity contribution < 1.29 is 9.32 Å². The van der Waals surface area contributed by atoms with E-state index in [1.54, 1.807) is 6.20 Å². The molecule has 0 saturated heterocycles. The molecule has 0 unspecified atom stereocenters. The average molecular weight is 276 g/mol. The Morgan fingerprint density at radius 1 is 1.53 bits per heavy atom. The van der Waals surface area contributed by atoms with Crippen LogP contribution < -0.4 is 10.9 Å². The summed E-state index contributed by atoms with van der Waals surface area (Å²) in [5.41, 5.74) is -0.450. The highest BCUT2D eigenvalue weighted by atomic mass is 32.1. The van der Waals surface area contributed by atoms with Gasteiger partial charge in [0.15, 0.2) is 10.8 Å². The summed E-state index contributed by atoms with van der Waals surface area (Å²) in [5, 5.41) is 6.00. The van der Waals surface area contributed by atoms with Gasteiger partial charge in [-0.2, -0.15) is 0 Å². The van der Waals surface area contributed by atoms with E-state index in [2.05, 4.69) is 20.0 Å². The summed E-state index contributed by atoms with van der Waals surface area (Å²) in [6.07, 6.45) is 4.25. The SMILES string of the molecule is Cc1cn2c(=O)c(C(=O)Nc3ccon3)cnc2s1. The molecule has 8 heteroatoms. The first-order valence-corrected chi connectivity index (χ1v) is 6.16. The van der Waals surface area contributed by atoms with Crippen LogP contribution in [-0.2, 0) is 0 Å². The van der Waals surface area contributed by atoms with Gasteiger partial charge in [0, 0.05) is 23.3 Å². The summed E-state index contributed by atoms with van der Waals surface area (Å²) in [7, 11) is 0. The summed E-state index contributed by atoms with van der Waals surface area (Å²) in [6, 6.07) is 1.48. The fourth-order valence-electron chi connectivity index (χ4n) is 1.61. The molecule has 19 heavy (non-hydrogen) atoms. The minimum absolute atomic E-state index is 0.0432. The number of carbonyl (C=O) groups excluding carboxylic acids is 1. The Hall–Kier alpha value is -2.48. The normalized spacial score (nSPS) is 10.8. The first-order chi connectivity index (χ1) is 9.15. The van der Waals surface area contributed by atoms with Crippen molar-refractivity contribution in [3.63, 3.8) is 0 Å². The van der Waals surface area contributed by atoms with Crippen LogP contribution in [0.5, 0.6) is 0 Å². The first-order valence-electron chi connectivity index (χ1n) is 5.34. The van der Waals surface area contributed by atoms with E-state index >= 15 is 0 Å². The number of fused-ring (bicyclic) bond motifs is 1. The van der Waals surface area contributed by atoms with E-state index in [1.807, 2.05) is 6.92 Å². The van der Waals surface area contributed by atoms with Crippen molar-refractivity contribution in [2.24, 2.45) is 0 Å². The van der Waals surface area contributed by atoms with E-state index < -0.39 is 11.5 Å². The third kappa shape index (κ3) is 2.02. The highest BCUT2D eigenvalue weighted by Gasteiger charge is 2.15. The Kier molecular flexibility index (Phi) is 2.64. The summed E-state index contributed by atoms with van der Waals surface area (Å²) in [5.74, 6) is -0.319. The number of aryl methyl sites for hydroxylation is 1. The highest BCUT2D eigenvalue weighted by Crippen LogP contribution is 2.13. The molecular weight excluding hydrogens is 268 g/mol. The standard InChI is InChI=1S/C11H8N4O3S/c1-6-5-15-10(17)7(4-12-11(15)19-6)9(16)13-8-2-3-18-14-8/h2-5H,1H3,(H,13,14,16). The van der Waals surface area contributed by atoms with Crippen molar-refractivity contribution in [1.82, 2.24) is 14.5 Å². The van der Waals surface area contributed by atoms with Crippen LogP contribution >= 0.6 is 11.3 Å². The minimum atomic E-state index is -0.565. The van der Waals surface area contributed by atoms with Crippen LogP contribution in [0.1, 0.15) is 15.2 Å². The molecule has 0 atom stereocenters. The molecule has 0 aliphatic carbocycles. The molecule has 7 nitrogen and oxygen atoms in total. The molecule has 0 spiro atoms. The number of amides is 1. The number of anilines is 1. The van der Waals surface area contributed by atoms with Crippen molar-refractivity contribution in [2.75, 3.05) is 5.32 Å². The fourth-order valence-corrected chi connectivity index (χ4v) is 2.40. The lowest BCUT2D eigenvalue weighted by Crippen LogP contribution is -2.25. The molecule has 3 aromatic heterocycles.